The molecule has 0 aliphatic carbocycles. The van der Waals surface area contributed by atoms with Crippen LogP contribution >= 0.6 is 0 Å². The Bertz CT molecular complexity index is 791. The van der Waals surface area contributed by atoms with Crippen LogP contribution in [0.4, 0.5) is 5.69 Å². The lowest BCUT2D eigenvalue weighted by molar-refractivity contribution is -0.136. The van der Waals surface area contributed by atoms with E-state index < -0.39 is 11.8 Å². The van der Waals surface area contributed by atoms with Gasteiger partial charge in [0, 0.05) is 29.0 Å². The summed E-state index contributed by atoms with van der Waals surface area (Å²) in [6.45, 7) is 4.58. The smallest absolute Gasteiger partial charge is 0.313 e. The Labute approximate surface area is 146 Å². The van der Waals surface area contributed by atoms with Gasteiger partial charge in [-0.2, -0.15) is 0 Å². The zero-order valence-electron chi connectivity index (χ0n) is 14.3. The molecule has 2 aromatic carbocycles. The molecule has 6 heteroatoms. The molecule has 2 amide bonds. The highest BCUT2D eigenvalue weighted by Crippen LogP contribution is 2.29. The van der Waals surface area contributed by atoms with Crippen molar-refractivity contribution in [1.82, 2.24) is 10.2 Å². The van der Waals surface area contributed by atoms with Crippen LogP contribution in [0.1, 0.15) is 19.8 Å². The van der Waals surface area contributed by atoms with E-state index in [0.717, 1.165) is 25.9 Å². The zero-order valence-corrected chi connectivity index (χ0v) is 14.3. The molecule has 1 fully saturated rings. The maximum atomic E-state index is 12.2. The van der Waals surface area contributed by atoms with Crippen molar-refractivity contribution >= 4 is 28.3 Å². The van der Waals surface area contributed by atoms with Crippen molar-refractivity contribution in [3.05, 3.63) is 36.4 Å². The van der Waals surface area contributed by atoms with E-state index in [1.807, 2.05) is 0 Å². The summed E-state index contributed by atoms with van der Waals surface area (Å²) in [4.78, 5) is 26.6. The monoisotopic (exact) mass is 341 g/mol. The van der Waals surface area contributed by atoms with Crippen LogP contribution in [0, 0.1) is 0 Å². The summed E-state index contributed by atoms with van der Waals surface area (Å²) in [6, 6.07) is 10.6. The highest BCUT2D eigenvalue weighted by atomic mass is 16.3. The second kappa shape index (κ2) is 7.53. The van der Waals surface area contributed by atoms with Gasteiger partial charge >= 0.3 is 11.8 Å². The first kappa shape index (κ1) is 17.2. The van der Waals surface area contributed by atoms with Crippen LogP contribution in [0.5, 0.6) is 5.75 Å². The van der Waals surface area contributed by atoms with E-state index in [-0.39, 0.29) is 5.75 Å². The number of nitrogens with one attached hydrogen (secondary N) is 2. The molecular weight excluding hydrogens is 318 g/mol. The van der Waals surface area contributed by atoms with Gasteiger partial charge in [0.15, 0.2) is 0 Å². The van der Waals surface area contributed by atoms with Crippen molar-refractivity contribution in [2.75, 3.05) is 25.0 Å². The maximum absolute atomic E-state index is 12.2. The number of fused-ring (bicyclic) bond motifs is 1. The van der Waals surface area contributed by atoms with Gasteiger partial charge in [0.25, 0.3) is 0 Å². The maximum Gasteiger partial charge on any atom is 0.313 e. The molecular formula is C19H23N3O3. The Morgan fingerprint density at radius 2 is 1.92 bits per heavy atom. The van der Waals surface area contributed by atoms with Gasteiger partial charge in [0.05, 0.1) is 0 Å². The van der Waals surface area contributed by atoms with Gasteiger partial charge in [-0.15, -0.1) is 0 Å². The van der Waals surface area contributed by atoms with E-state index >= 15 is 0 Å². The molecule has 1 heterocycles. The number of likely N-dealkylation sites (tertiary alicyclic amines) is 1. The lowest BCUT2D eigenvalue weighted by Gasteiger charge is -2.22. The van der Waals surface area contributed by atoms with Crippen molar-refractivity contribution in [3.63, 3.8) is 0 Å². The summed E-state index contributed by atoms with van der Waals surface area (Å²) in [5.41, 5.74) is 0.504. The van der Waals surface area contributed by atoms with Crippen molar-refractivity contribution < 1.29 is 14.7 Å². The van der Waals surface area contributed by atoms with E-state index in [1.54, 1.807) is 36.4 Å². The third-order valence-electron chi connectivity index (χ3n) is 4.76. The predicted molar refractivity (Wildman–Crippen MR) is 97.5 cm³/mol. The van der Waals surface area contributed by atoms with Gasteiger partial charge in [-0.3, -0.25) is 14.5 Å². The van der Waals surface area contributed by atoms with Crippen LogP contribution in [0.25, 0.3) is 10.8 Å². The highest BCUT2D eigenvalue weighted by Gasteiger charge is 2.24. The normalized spacial score (nSPS) is 17.6. The third kappa shape index (κ3) is 3.74. The Kier molecular flexibility index (Phi) is 5.19. The molecule has 1 saturated heterocycles. The zero-order chi connectivity index (χ0) is 17.8. The average molecular weight is 341 g/mol. The van der Waals surface area contributed by atoms with Gasteiger partial charge in [0.1, 0.15) is 5.75 Å². The summed E-state index contributed by atoms with van der Waals surface area (Å²) in [5, 5.41) is 16.6. The molecule has 1 aliphatic rings. The minimum Gasteiger partial charge on any atom is -0.507 e. The van der Waals surface area contributed by atoms with E-state index in [9.17, 15) is 14.7 Å². The number of hydrogen-bond acceptors (Lipinski definition) is 4. The summed E-state index contributed by atoms with van der Waals surface area (Å²) in [6.07, 6.45) is 2.17. The third-order valence-corrected chi connectivity index (χ3v) is 4.76. The highest BCUT2D eigenvalue weighted by molar-refractivity contribution is 6.40. The fourth-order valence-electron chi connectivity index (χ4n) is 3.41. The number of phenolic OH excluding ortho intramolecular Hbond substituents is 1. The Morgan fingerprint density at radius 1 is 1.16 bits per heavy atom. The van der Waals surface area contributed by atoms with E-state index in [4.69, 9.17) is 0 Å². The average Bonchev–Trinajstić information content (AvgIpc) is 3.08. The second-order valence-corrected chi connectivity index (χ2v) is 6.27. The number of hydrogen-bond donors (Lipinski definition) is 3. The van der Waals surface area contributed by atoms with Crippen LogP contribution in [-0.2, 0) is 9.59 Å². The topological polar surface area (TPSA) is 81.7 Å². The molecule has 6 nitrogen and oxygen atoms in total. The van der Waals surface area contributed by atoms with Crippen molar-refractivity contribution in [2.45, 2.75) is 25.8 Å². The minimum atomic E-state index is -0.697. The first-order chi connectivity index (χ1) is 12.1. The quantitative estimate of drug-likeness (QED) is 0.744. The lowest BCUT2D eigenvalue weighted by Crippen LogP contribution is -2.43. The number of phenols is 1. The number of rotatable bonds is 4. The molecule has 1 atom stereocenters. The molecule has 3 rings (SSSR count). The predicted octanol–water partition coefficient (Wildman–Crippen LogP) is 2.08. The van der Waals surface area contributed by atoms with Gasteiger partial charge < -0.3 is 15.7 Å². The van der Waals surface area contributed by atoms with Gasteiger partial charge in [-0.05, 0) is 38.1 Å². The van der Waals surface area contributed by atoms with Crippen LogP contribution < -0.4 is 10.6 Å². The number of anilines is 1. The number of likely N-dealkylation sites (N-methyl/N-ethyl adjacent to an activating group) is 1. The van der Waals surface area contributed by atoms with Crippen molar-refractivity contribution in [3.8, 4) is 5.75 Å². The largest absolute Gasteiger partial charge is 0.507 e. The minimum absolute atomic E-state index is 0.138. The summed E-state index contributed by atoms with van der Waals surface area (Å²) < 4.78 is 0. The first-order valence-corrected chi connectivity index (χ1v) is 8.64. The molecule has 0 spiro atoms. The number of nitrogens with zero attached hydrogens (tertiary/aromatic N) is 1. The molecule has 132 valence electrons. The number of aromatic hydroxyl groups is 1. The molecule has 0 saturated carbocycles. The van der Waals surface area contributed by atoms with Crippen molar-refractivity contribution in [2.24, 2.45) is 0 Å². The van der Waals surface area contributed by atoms with Crippen LogP contribution in [0.2, 0.25) is 0 Å². The van der Waals surface area contributed by atoms with Gasteiger partial charge in [-0.1, -0.05) is 31.2 Å². The number of carbonyl (C=O) groups excluding carboxylic acids is 2. The summed E-state index contributed by atoms with van der Waals surface area (Å²) in [5.74, 6) is -1.20. The van der Waals surface area contributed by atoms with E-state index in [0.29, 0.717) is 29.0 Å². The van der Waals surface area contributed by atoms with E-state index in [2.05, 4.69) is 22.5 Å². The summed E-state index contributed by atoms with van der Waals surface area (Å²) >= 11 is 0. The SMILES string of the molecule is CCN1CCC[C@@H]1CNC(=O)C(=O)Nc1cccc2c(O)cccc12. The fourth-order valence-corrected chi connectivity index (χ4v) is 3.41. The summed E-state index contributed by atoms with van der Waals surface area (Å²) in [7, 11) is 0. The molecule has 0 bridgehead atoms. The van der Waals surface area contributed by atoms with Crippen LogP contribution in [-0.4, -0.2) is 47.5 Å². The standard InChI is InChI=1S/C19H23N3O3/c1-2-22-11-5-6-13(22)12-20-18(24)19(25)21-16-9-3-8-15-14(16)7-4-10-17(15)23/h3-4,7-10,13,23H,2,5-6,11-12H2,1H3,(H,20,24)(H,21,25)/t13-/m1/s1. The molecule has 0 unspecified atom stereocenters. The second-order valence-electron chi connectivity index (χ2n) is 6.27. The molecule has 0 radical (unpaired) electrons. The molecule has 2 aromatic rings. The van der Waals surface area contributed by atoms with Crippen molar-refractivity contribution in [1.29, 1.82) is 0 Å². The molecule has 25 heavy (non-hydrogen) atoms. The number of amides is 2. The fraction of sp³-hybridized carbons (Fsp3) is 0.368. The Hall–Kier alpha value is -2.60. The Morgan fingerprint density at radius 3 is 2.72 bits per heavy atom. The van der Waals surface area contributed by atoms with E-state index in [1.165, 1.54) is 0 Å². The molecule has 0 aromatic heterocycles. The van der Waals surface area contributed by atoms with Gasteiger partial charge in [-0.25, -0.2) is 0 Å². The Balaban J connectivity index is 1.64. The van der Waals surface area contributed by atoms with Crippen LogP contribution in [0.3, 0.4) is 0 Å². The molecule has 3 N–H and O–H groups in total. The number of benzene rings is 2. The first-order valence-electron chi connectivity index (χ1n) is 8.64. The lowest BCUT2D eigenvalue weighted by atomic mass is 10.1. The van der Waals surface area contributed by atoms with Crippen LogP contribution in [0.15, 0.2) is 36.4 Å². The molecule has 1 aliphatic heterocycles. The number of carbonyl (C=O) groups is 2. The van der Waals surface area contributed by atoms with Gasteiger partial charge in [0.2, 0.25) is 0 Å².